The third-order valence-corrected chi connectivity index (χ3v) is 4.89. The van der Waals surface area contributed by atoms with Crippen LogP contribution in [0.25, 0.3) is 0 Å². The van der Waals surface area contributed by atoms with Crippen molar-refractivity contribution >= 4 is 17.6 Å². The molecule has 1 aromatic heterocycles. The standard InChI is InChI=1S/C20H23N3O3/c1-20(19(25)26)9-11-22(15-20)18(24)14-23(17-7-3-2-4-8-17)13-16-6-5-10-21-12-16/h2-8,10,12H,9,11,13-15H2,1H3,(H,25,26). The average molecular weight is 353 g/mol. The van der Waals surface area contributed by atoms with Gasteiger partial charge in [0.25, 0.3) is 0 Å². The summed E-state index contributed by atoms with van der Waals surface area (Å²) in [4.78, 5) is 32.0. The van der Waals surface area contributed by atoms with E-state index in [-0.39, 0.29) is 19.0 Å². The van der Waals surface area contributed by atoms with Crippen LogP contribution in [-0.2, 0) is 16.1 Å². The van der Waals surface area contributed by atoms with Crippen LogP contribution in [0, 0.1) is 5.41 Å². The summed E-state index contributed by atoms with van der Waals surface area (Å²) in [5.74, 6) is -0.897. The number of hydrogen-bond donors (Lipinski definition) is 1. The van der Waals surface area contributed by atoms with Crippen LogP contribution < -0.4 is 4.90 Å². The number of carbonyl (C=O) groups is 2. The van der Waals surface area contributed by atoms with Gasteiger partial charge in [-0.25, -0.2) is 0 Å². The van der Waals surface area contributed by atoms with Crippen molar-refractivity contribution in [3.63, 3.8) is 0 Å². The zero-order valence-corrected chi connectivity index (χ0v) is 14.8. The lowest BCUT2D eigenvalue weighted by atomic mass is 9.90. The zero-order chi connectivity index (χ0) is 18.6. The summed E-state index contributed by atoms with van der Waals surface area (Å²) in [5.41, 5.74) is 1.11. The third kappa shape index (κ3) is 4.02. The minimum Gasteiger partial charge on any atom is -0.481 e. The van der Waals surface area contributed by atoms with Crippen LogP contribution in [0.3, 0.4) is 0 Å². The number of para-hydroxylation sites is 1. The molecule has 0 bridgehead atoms. The maximum absolute atomic E-state index is 12.8. The van der Waals surface area contributed by atoms with Gasteiger partial charge in [0, 0.05) is 37.7 Å². The number of amides is 1. The van der Waals surface area contributed by atoms with Gasteiger partial charge in [0.1, 0.15) is 0 Å². The topological polar surface area (TPSA) is 73.7 Å². The molecule has 1 amide bonds. The van der Waals surface area contributed by atoms with Crippen LogP contribution in [0.5, 0.6) is 0 Å². The van der Waals surface area contributed by atoms with Crippen LogP contribution in [0.2, 0.25) is 0 Å². The molecule has 0 saturated carbocycles. The summed E-state index contributed by atoms with van der Waals surface area (Å²) in [6.07, 6.45) is 4.00. The van der Waals surface area contributed by atoms with Crippen molar-refractivity contribution in [1.29, 1.82) is 0 Å². The van der Waals surface area contributed by atoms with Gasteiger partial charge >= 0.3 is 5.97 Å². The molecule has 1 saturated heterocycles. The number of carboxylic acids is 1. The molecular formula is C20H23N3O3. The molecule has 1 aliphatic heterocycles. The number of rotatable bonds is 6. The molecule has 1 unspecified atom stereocenters. The summed E-state index contributed by atoms with van der Waals surface area (Å²) in [6, 6.07) is 13.6. The quantitative estimate of drug-likeness (QED) is 0.863. The molecule has 1 fully saturated rings. The summed E-state index contributed by atoms with van der Waals surface area (Å²) in [5, 5.41) is 9.37. The number of carbonyl (C=O) groups excluding carboxylic acids is 1. The molecule has 6 heteroatoms. The first-order valence-electron chi connectivity index (χ1n) is 8.68. The first kappa shape index (κ1) is 17.9. The Balaban J connectivity index is 1.74. The van der Waals surface area contributed by atoms with Crippen LogP contribution in [0.15, 0.2) is 54.9 Å². The molecule has 136 valence electrons. The highest BCUT2D eigenvalue weighted by Crippen LogP contribution is 2.30. The smallest absolute Gasteiger partial charge is 0.311 e. The molecule has 1 N–H and O–H groups in total. The normalized spacial score (nSPS) is 19.3. The Morgan fingerprint density at radius 3 is 2.62 bits per heavy atom. The molecule has 1 aliphatic rings. The van der Waals surface area contributed by atoms with E-state index in [1.807, 2.05) is 47.4 Å². The van der Waals surface area contributed by atoms with E-state index in [1.54, 1.807) is 24.2 Å². The van der Waals surface area contributed by atoms with E-state index in [0.29, 0.717) is 19.5 Å². The zero-order valence-electron chi connectivity index (χ0n) is 14.8. The first-order chi connectivity index (χ1) is 12.5. The number of likely N-dealkylation sites (tertiary alicyclic amines) is 1. The summed E-state index contributed by atoms with van der Waals surface area (Å²) >= 11 is 0. The summed E-state index contributed by atoms with van der Waals surface area (Å²) < 4.78 is 0. The van der Waals surface area contributed by atoms with Crippen molar-refractivity contribution in [2.75, 3.05) is 24.5 Å². The molecular weight excluding hydrogens is 330 g/mol. The predicted octanol–water partition coefficient (Wildman–Crippen LogP) is 2.41. The first-order valence-corrected chi connectivity index (χ1v) is 8.68. The van der Waals surface area contributed by atoms with Gasteiger partial charge in [0.2, 0.25) is 5.91 Å². The van der Waals surface area contributed by atoms with E-state index in [0.717, 1.165) is 11.3 Å². The molecule has 0 radical (unpaired) electrons. The van der Waals surface area contributed by atoms with Gasteiger partial charge < -0.3 is 14.9 Å². The van der Waals surface area contributed by atoms with Crippen LogP contribution >= 0.6 is 0 Å². The maximum atomic E-state index is 12.8. The van der Waals surface area contributed by atoms with Crippen LogP contribution in [-0.4, -0.2) is 46.5 Å². The molecule has 6 nitrogen and oxygen atoms in total. The second-order valence-electron chi connectivity index (χ2n) is 6.98. The number of hydrogen-bond acceptors (Lipinski definition) is 4. The third-order valence-electron chi connectivity index (χ3n) is 4.89. The average Bonchev–Trinajstić information content (AvgIpc) is 3.07. The Morgan fingerprint density at radius 2 is 2.00 bits per heavy atom. The minimum atomic E-state index is -0.851. The van der Waals surface area contributed by atoms with Crippen molar-refractivity contribution in [2.24, 2.45) is 5.41 Å². The molecule has 2 heterocycles. The summed E-state index contributed by atoms with van der Waals surface area (Å²) in [7, 11) is 0. The van der Waals surface area contributed by atoms with Gasteiger partial charge in [0.15, 0.2) is 0 Å². The van der Waals surface area contributed by atoms with Crippen LogP contribution in [0.1, 0.15) is 18.9 Å². The highest BCUT2D eigenvalue weighted by atomic mass is 16.4. The Kier molecular flexibility index (Phi) is 5.21. The fourth-order valence-electron chi connectivity index (χ4n) is 3.20. The number of carboxylic acid groups (broad SMARTS) is 1. The Labute approximate surface area is 153 Å². The number of aliphatic carboxylic acids is 1. The van der Waals surface area contributed by atoms with E-state index in [1.165, 1.54) is 0 Å². The molecule has 0 spiro atoms. The molecule has 1 aromatic carbocycles. The highest BCUT2D eigenvalue weighted by Gasteiger charge is 2.42. The lowest BCUT2D eigenvalue weighted by molar-refractivity contribution is -0.147. The maximum Gasteiger partial charge on any atom is 0.311 e. The van der Waals surface area contributed by atoms with Gasteiger partial charge in [-0.05, 0) is 37.1 Å². The van der Waals surface area contributed by atoms with Crippen molar-refractivity contribution in [1.82, 2.24) is 9.88 Å². The van der Waals surface area contributed by atoms with Crippen molar-refractivity contribution < 1.29 is 14.7 Å². The van der Waals surface area contributed by atoms with Gasteiger partial charge in [0.05, 0.1) is 12.0 Å². The number of benzene rings is 1. The second kappa shape index (κ2) is 7.56. The summed E-state index contributed by atoms with van der Waals surface area (Å²) in [6.45, 7) is 3.21. The molecule has 0 aliphatic carbocycles. The molecule has 3 rings (SSSR count). The van der Waals surface area contributed by atoms with Gasteiger partial charge in [-0.3, -0.25) is 14.6 Å². The fourth-order valence-corrected chi connectivity index (χ4v) is 3.20. The van der Waals surface area contributed by atoms with Crippen molar-refractivity contribution in [3.05, 3.63) is 60.4 Å². The lowest BCUT2D eigenvalue weighted by Crippen LogP contribution is -2.41. The molecule has 26 heavy (non-hydrogen) atoms. The molecule has 2 aromatic rings. The fraction of sp³-hybridized carbons (Fsp3) is 0.350. The largest absolute Gasteiger partial charge is 0.481 e. The van der Waals surface area contributed by atoms with Crippen LogP contribution in [0.4, 0.5) is 5.69 Å². The number of pyridine rings is 1. The number of nitrogens with zero attached hydrogens (tertiary/aromatic N) is 3. The molecule has 1 atom stereocenters. The van der Waals surface area contributed by atoms with Gasteiger partial charge in [-0.2, -0.15) is 0 Å². The van der Waals surface area contributed by atoms with E-state index < -0.39 is 11.4 Å². The Hall–Kier alpha value is -2.89. The minimum absolute atomic E-state index is 0.0530. The monoisotopic (exact) mass is 353 g/mol. The van der Waals surface area contributed by atoms with E-state index in [2.05, 4.69) is 4.98 Å². The van der Waals surface area contributed by atoms with E-state index in [9.17, 15) is 14.7 Å². The van der Waals surface area contributed by atoms with Gasteiger partial charge in [-0.15, -0.1) is 0 Å². The number of aromatic nitrogens is 1. The SMILES string of the molecule is CC1(C(=O)O)CCN(C(=O)CN(Cc2cccnc2)c2ccccc2)C1. The van der Waals surface area contributed by atoms with Gasteiger partial charge in [-0.1, -0.05) is 24.3 Å². The van der Waals surface area contributed by atoms with Crippen molar-refractivity contribution in [3.8, 4) is 0 Å². The second-order valence-corrected chi connectivity index (χ2v) is 6.98. The van der Waals surface area contributed by atoms with E-state index in [4.69, 9.17) is 0 Å². The Morgan fingerprint density at radius 1 is 1.23 bits per heavy atom. The van der Waals surface area contributed by atoms with Crippen molar-refractivity contribution in [2.45, 2.75) is 19.9 Å². The lowest BCUT2D eigenvalue weighted by Gasteiger charge is -2.27. The number of anilines is 1. The highest BCUT2D eigenvalue weighted by molar-refractivity contribution is 5.83. The van der Waals surface area contributed by atoms with E-state index >= 15 is 0 Å². The predicted molar refractivity (Wildman–Crippen MR) is 98.7 cm³/mol. The Bertz CT molecular complexity index is 766.